The molecule has 0 aliphatic rings. The lowest BCUT2D eigenvalue weighted by Crippen LogP contribution is -2.19. The topological polar surface area (TPSA) is 37.8 Å². The summed E-state index contributed by atoms with van der Waals surface area (Å²) in [5, 5.41) is 3.42. The van der Waals surface area contributed by atoms with Crippen LogP contribution in [-0.4, -0.2) is 23.1 Å². The van der Waals surface area contributed by atoms with Gasteiger partial charge in [-0.15, -0.1) is 0 Å². The highest BCUT2D eigenvalue weighted by molar-refractivity contribution is 5.24. The van der Waals surface area contributed by atoms with Gasteiger partial charge in [0.15, 0.2) is 0 Å². The lowest BCUT2D eigenvalue weighted by atomic mass is 10.1. The Morgan fingerprint density at radius 1 is 0.882 bits per heavy atom. The van der Waals surface area contributed by atoms with Crippen LogP contribution in [0.25, 0.3) is 0 Å². The Balaban J connectivity index is 2.65. The van der Waals surface area contributed by atoms with Gasteiger partial charge in [0.25, 0.3) is 0 Å². The number of nitrogens with zero attached hydrogens (tertiary/aromatic N) is 2. The van der Waals surface area contributed by atoms with Crippen molar-refractivity contribution in [3.63, 3.8) is 0 Å². The second kappa shape index (κ2) is 7.38. The Kier molecular flexibility index (Phi) is 6.12. The van der Waals surface area contributed by atoms with Crippen molar-refractivity contribution >= 4 is 0 Å². The zero-order chi connectivity index (χ0) is 12.7. The third-order valence-corrected chi connectivity index (χ3v) is 2.92. The summed E-state index contributed by atoms with van der Waals surface area (Å²) in [6.07, 6.45) is 4.31. The molecule has 0 aromatic carbocycles. The van der Waals surface area contributed by atoms with Gasteiger partial charge < -0.3 is 5.32 Å². The third kappa shape index (κ3) is 4.43. The van der Waals surface area contributed by atoms with Crippen LogP contribution in [0.2, 0.25) is 0 Å². The first-order valence-electron chi connectivity index (χ1n) is 6.72. The summed E-state index contributed by atoms with van der Waals surface area (Å²) in [6.45, 7) is 10.7. The highest BCUT2D eigenvalue weighted by atomic mass is 14.9. The smallest absolute Gasteiger partial charge is 0.128 e. The van der Waals surface area contributed by atoms with E-state index in [4.69, 9.17) is 0 Å². The fourth-order valence-corrected chi connectivity index (χ4v) is 2.02. The molecule has 1 N–H and O–H groups in total. The quantitative estimate of drug-likeness (QED) is 0.738. The Morgan fingerprint density at radius 3 is 2.06 bits per heavy atom. The minimum absolute atomic E-state index is 0.982. The van der Waals surface area contributed by atoms with E-state index in [1.165, 1.54) is 12.0 Å². The van der Waals surface area contributed by atoms with Gasteiger partial charge in [-0.05, 0) is 51.8 Å². The molecule has 0 saturated heterocycles. The molecule has 3 heteroatoms. The van der Waals surface area contributed by atoms with E-state index < -0.39 is 0 Å². The van der Waals surface area contributed by atoms with Crippen LogP contribution in [0.1, 0.15) is 49.5 Å². The van der Waals surface area contributed by atoms with E-state index in [9.17, 15) is 0 Å². The lowest BCUT2D eigenvalue weighted by Gasteiger charge is -2.11. The normalized spacial score (nSPS) is 10.8. The van der Waals surface area contributed by atoms with Gasteiger partial charge in [-0.3, -0.25) is 0 Å². The molecule has 0 atom stereocenters. The molecule has 1 aromatic rings. The van der Waals surface area contributed by atoms with Crippen molar-refractivity contribution < 1.29 is 0 Å². The molecular weight excluding hydrogens is 210 g/mol. The van der Waals surface area contributed by atoms with Crippen molar-refractivity contribution in [3.05, 3.63) is 22.8 Å². The fourth-order valence-electron chi connectivity index (χ4n) is 2.02. The van der Waals surface area contributed by atoms with Crippen LogP contribution in [0.4, 0.5) is 0 Å². The second-order valence-corrected chi connectivity index (χ2v) is 4.54. The standard InChI is InChI=1S/C14H25N3/c1-5-7-14-16-11(3)13(12(4)17-14)8-10-15-9-6-2/h15H,5-10H2,1-4H3. The molecule has 0 bridgehead atoms. The number of hydrogen-bond donors (Lipinski definition) is 1. The van der Waals surface area contributed by atoms with Crippen LogP contribution in [0.3, 0.4) is 0 Å². The summed E-state index contributed by atoms with van der Waals surface area (Å²) in [4.78, 5) is 9.17. The first-order valence-corrected chi connectivity index (χ1v) is 6.72. The second-order valence-electron chi connectivity index (χ2n) is 4.54. The van der Waals surface area contributed by atoms with Crippen LogP contribution in [0.15, 0.2) is 0 Å². The van der Waals surface area contributed by atoms with Crippen LogP contribution in [-0.2, 0) is 12.8 Å². The average Bonchev–Trinajstić information content (AvgIpc) is 2.27. The van der Waals surface area contributed by atoms with Crippen LogP contribution in [0.5, 0.6) is 0 Å². The number of nitrogens with one attached hydrogen (secondary N) is 1. The number of rotatable bonds is 7. The van der Waals surface area contributed by atoms with Gasteiger partial charge in [-0.1, -0.05) is 13.8 Å². The number of aromatic nitrogens is 2. The van der Waals surface area contributed by atoms with Crippen molar-refractivity contribution in [3.8, 4) is 0 Å². The molecule has 0 spiro atoms. The molecule has 1 aromatic heterocycles. The SMILES string of the molecule is CCCNCCc1c(C)nc(CCC)nc1C. The van der Waals surface area contributed by atoms with Crippen molar-refractivity contribution in [1.29, 1.82) is 0 Å². The van der Waals surface area contributed by atoms with Crippen LogP contribution < -0.4 is 5.32 Å². The molecule has 0 saturated carbocycles. The predicted octanol–water partition coefficient (Wildman–Crippen LogP) is 2.59. The Hall–Kier alpha value is -0.960. The summed E-state index contributed by atoms with van der Waals surface area (Å²) < 4.78 is 0. The molecule has 0 radical (unpaired) electrons. The maximum Gasteiger partial charge on any atom is 0.128 e. The third-order valence-electron chi connectivity index (χ3n) is 2.92. The zero-order valence-electron chi connectivity index (χ0n) is 11.6. The molecule has 0 amide bonds. The summed E-state index contributed by atoms with van der Waals surface area (Å²) in [6, 6.07) is 0. The van der Waals surface area contributed by atoms with E-state index in [1.54, 1.807) is 0 Å². The minimum atomic E-state index is 0.982. The monoisotopic (exact) mass is 235 g/mol. The fraction of sp³-hybridized carbons (Fsp3) is 0.714. The molecular formula is C14H25N3. The summed E-state index contributed by atoms with van der Waals surface area (Å²) in [5.74, 6) is 0.993. The number of hydrogen-bond acceptors (Lipinski definition) is 3. The van der Waals surface area contributed by atoms with Gasteiger partial charge in [-0.25, -0.2) is 9.97 Å². The van der Waals surface area contributed by atoms with Crippen molar-refractivity contribution in [1.82, 2.24) is 15.3 Å². The van der Waals surface area contributed by atoms with E-state index in [0.717, 1.165) is 49.6 Å². The Bertz CT molecular complexity index is 324. The predicted molar refractivity (Wildman–Crippen MR) is 72.4 cm³/mol. The van der Waals surface area contributed by atoms with Gasteiger partial charge in [0.1, 0.15) is 5.82 Å². The average molecular weight is 235 g/mol. The highest BCUT2D eigenvalue weighted by Gasteiger charge is 2.07. The van der Waals surface area contributed by atoms with Gasteiger partial charge in [0.05, 0.1) is 0 Å². The van der Waals surface area contributed by atoms with Gasteiger partial charge in [0, 0.05) is 17.8 Å². The van der Waals surface area contributed by atoms with Crippen molar-refractivity contribution in [2.75, 3.05) is 13.1 Å². The Morgan fingerprint density at radius 2 is 1.53 bits per heavy atom. The highest BCUT2D eigenvalue weighted by Crippen LogP contribution is 2.11. The van der Waals surface area contributed by atoms with Gasteiger partial charge in [0.2, 0.25) is 0 Å². The summed E-state index contributed by atoms with van der Waals surface area (Å²) in [5.41, 5.74) is 3.62. The van der Waals surface area contributed by atoms with Crippen molar-refractivity contribution in [2.45, 2.75) is 53.4 Å². The van der Waals surface area contributed by atoms with E-state index in [-0.39, 0.29) is 0 Å². The summed E-state index contributed by atoms with van der Waals surface area (Å²) >= 11 is 0. The minimum Gasteiger partial charge on any atom is -0.316 e. The van der Waals surface area contributed by atoms with E-state index in [2.05, 4.69) is 43.0 Å². The van der Waals surface area contributed by atoms with Gasteiger partial charge >= 0.3 is 0 Å². The molecule has 1 heterocycles. The number of aryl methyl sites for hydroxylation is 3. The molecule has 0 aliphatic carbocycles. The summed E-state index contributed by atoms with van der Waals surface area (Å²) in [7, 11) is 0. The van der Waals surface area contributed by atoms with Crippen LogP contribution in [0, 0.1) is 13.8 Å². The van der Waals surface area contributed by atoms with E-state index in [1.807, 2.05) is 0 Å². The van der Waals surface area contributed by atoms with Crippen LogP contribution >= 0.6 is 0 Å². The van der Waals surface area contributed by atoms with E-state index in [0.29, 0.717) is 0 Å². The molecule has 0 aliphatic heterocycles. The van der Waals surface area contributed by atoms with Gasteiger partial charge in [-0.2, -0.15) is 0 Å². The first kappa shape index (κ1) is 14.1. The first-order chi connectivity index (χ1) is 8.19. The van der Waals surface area contributed by atoms with Crippen molar-refractivity contribution in [2.24, 2.45) is 0 Å². The Labute approximate surface area is 105 Å². The molecule has 96 valence electrons. The molecule has 0 fully saturated rings. The maximum absolute atomic E-state index is 4.58. The maximum atomic E-state index is 4.58. The molecule has 3 nitrogen and oxygen atoms in total. The zero-order valence-corrected chi connectivity index (χ0v) is 11.6. The largest absolute Gasteiger partial charge is 0.316 e. The molecule has 1 rings (SSSR count). The molecule has 17 heavy (non-hydrogen) atoms. The lowest BCUT2D eigenvalue weighted by molar-refractivity contribution is 0.664. The molecule has 0 unspecified atom stereocenters. The van der Waals surface area contributed by atoms with E-state index >= 15 is 0 Å².